The Morgan fingerprint density at radius 1 is 1.07 bits per heavy atom. The third-order valence-electron chi connectivity index (χ3n) is 7.59. The van der Waals surface area contributed by atoms with Gasteiger partial charge in [0.2, 0.25) is 21.8 Å². The van der Waals surface area contributed by atoms with Gasteiger partial charge in [-0.25, -0.2) is 8.42 Å². The second kappa shape index (κ2) is 13.2. The number of methoxy groups -OCH3 is 1. The van der Waals surface area contributed by atoms with E-state index in [4.69, 9.17) is 15.9 Å². The summed E-state index contributed by atoms with van der Waals surface area (Å²) in [5, 5.41) is 11.9. The molecule has 0 spiro atoms. The minimum atomic E-state index is -4.29. The Balaban J connectivity index is 1.40. The van der Waals surface area contributed by atoms with Crippen molar-refractivity contribution in [1.82, 2.24) is 19.5 Å². The lowest BCUT2D eigenvalue weighted by atomic mass is 10.1. The molecule has 0 radical (unpaired) electrons. The van der Waals surface area contributed by atoms with Gasteiger partial charge in [0, 0.05) is 25.8 Å². The van der Waals surface area contributed by atoms with Gasteiger partial charge in [0.25, 0.3) is 0 Å². The molecule has 11 nitrogen and oxygen atoms in total. The molecule has 12 heteroatoms. The number of sulfonamides is 1. The van der Waals surface area contributed by atoms with Crippen molar-refractivity contribution in [2.45, 2.75) is 30.3 Å². The summed E-state index contributed by atoms with van der Waals surface area (Å²) in [5.41, 5.74) is 7.60. The van der Waals surface area contributed by atoms with Crippen LogP contribution in [0.3, 0.4) is 0 Å². The van der Waals surface area contributed by atoms with Gasteiger partial charge in [-0.05, 0) is 71.1 Å². The lowest BCUT2D eigenvalue weighted by Crippen LogP contribution is -2.49. The zero-order chi connectivity index (χ0) is 31.3. The molecule has 4 aromatic rings. The highest BCUT2D eigenvalue weighted by Crippen LogP contribution is 2.29. The first-order valence-corrected chi connectivity index (χ1v) is 15.6. The Morgan fingerprint density at radius 2 is 1.84 bits per heavy atom. The molecule has 44 heavy (non-hydrogen) atoms. The summed E-state index contributed by atoms with van der Waals surface area (Å²) in [6.45, 7) is 0.280. The summed E-state index contributed by atoms with van der Waals surface area (Å²) in [6, 6.07) is 22.0. The van der Waals surface area contributed by atoms with Crippen LogP contribution < -0.4 is 15.8 Å². The minimum Gasteiger partial charge on any atom is -0.497 e. The molecular formula is C32H34N6O5S. The highest BCUT2D eigenvalue weighted by Gasteiger charge is 2.43. The van der Waals surface area contributed by atoms with Crippen molar-refractivity contribution in [3.8, 4) is 5.75 Å². The molecule has 228 valence electrons. The zero-order valence-electron chi connectivity index (χ0n) is 24.3. The number of nitrogens with zero attached hydrogens (tertiary/aromatic N) is 3. The van der Waals surface area contributed by atoms with E-state index in [2.05, 4.69) is 10.3 Å². The van der Waals surface area contributed by atoms with E-state index in [9.17, 15) is 18.0 Å². The van der Waals surface area contributed by atoms with Crippen molar-refractivity contribution in [1.29, 1.82) is 5.41 Å². The number of aromatic nitrogens is 1. The van der Waals surface area contributed by atoms with Crippen LogP contribution in [0.25, 0.3) is 10.8 Å². The molecule has 3 aromatic carbocycles. The number of ether oxygens (including phenoxy) is 1. The number of nitrogens with two attached hydrogens (primary N) is 1. The van der Waals surface area contributed by atoms with Crippen molar-refractivity contribution < 1.29 is 22.7 Å². The number of pyridine rings is 1. The third kappa shape index (κ3) is 6.87. The normalized spacial score (nSPS) is 15.1. The van der Waals surface area contributed by atoms with Crippen LogP contribution >= 0.6 is 0 Å². The predicted octanol–water partition coefficient (Wildman–Crippen LogP) is 2.68. The third-order valence-corrected chi connectivity index (χ3v) is 9.44. The van der Waals surface area contributed by atoms with E-state index in [0.29, 0.717) is 29.7 Å². The molecule has 1 aliphatic rings. The molecule has 0 unspecified atom stereocenters. The number of likely N-dealkylation sites (tertiary alicyclic amines) is 1. The summed E-state index contributed by atoms with van der Waals surface area (Å²) < 4.78 is 34.7. The van der Waals surface area contributed by atoms with Gasteiger partial charge in [0.15, 0.2) is 0 Å². The van der Waals surface area contributed by atoms with Crippen molar-refractivity contribution in [3.63, 3.8) is 0 Å². The quantitative estimate of drug-likeness (QED) is 0.163. The van der Waals surface area contributed by atoms with Crippen LogP contribution in [-0.2, 0) is 32.6 Å². The average Bonchev–Trinajstić information content (AvgIpc) is 3.38. The summed E-state index contributed by atoms with van der Waals surface area (Å²) in [7, 11) is -2.75. The number of amides is 2. The van der Waals surface area contributed by atoms with Crippen molar-refractivity contribution in [3.05, 3.63) is 102 Å². The van der Waals surface area contributed by atoms with E-state index in [1.807, 2.05) is 36.4 Å². The molecular weight excluding hydrogens is 580 g/mol. The maximum absolute atomic E-state index is 14.2. The number of rotatable bonds is 12. The number of fused-ring (bicyclic) bond motifs is 1. The van der Waals surface area contributed by atoms with Gasteiger partial charge in [-0.2, -0.15) is 4.31 Å². The molecule has 1 aliphatic heterocycles. The molecule has 0 saturated carbocycles. The fraction of sp³-hybridized carbons (Fsp3) is 0.250. The number of nitrogen functional groups attached to an aromatic ring is 1. The molecule has 5 rings (SSSR count). The molecule has 2 heterocycles. The van der Waals surface area contributed by atoms with Gasteiger partial charge in [-0.15, -0.1) is 0 Å². The van der Waals surface area contributed by atoms with E-state index < -0.39 is 34.4 Å². The van der Waals surface area contributed by atoms with E-state index in [1.165, 1.54) is 25.4 Å². The maximum atomic E-state index is 14.2. The topological polar surface area (TPSA) is 159 Å². The van der Waals surface area contributed by atoms with Crippen LogP contribution in [-0.4, -0.2) is 73.0 Å². The molecule has 1 saturated heterocycles. The van der Waals surface area contributed by atoms with Crippen molar-refractivity contribution >= 4 is 38.4 Å². The largest absolute Gasteiger partial charge is 0.497 e. The van der Waals surface area contributed by atoms with E-state index >= 15 is 0 Å². The number of nitrogens with one attached hydrogen (secondary N) is 2. The van der Waals surface area contributed by atoms with Gasteiger partial charge >= 0.3 is 0 Å². The molecule has 1 atom stereocenters. The predicted molar refractivity (Wildman–Crippen MR) is 167 cm³/mol. The molecule has 0 bridgehead atoms. The van der Waals surface area contributed by atoms with Crippen LogP contribution in [0.15, 0.2) is 90.0 Å². The van der Waals surface area contributed by atoms with Crippen LogP contribution in [0.4, 0.5) is 0 Å². The van der Waals surface area contributed by atoms with Crippen LogP contribution in [0.2, 0.25) is 0 Å². The van der Waals surface area contributed by atoms with E-state index in [0.717, 1.165) is 15.3 Å². The fourth-order valence-corrected chi connectivity index (χ4v) is 6.87. The molecule has 4 N–H and O–H groups in total. The number of benzene rings is 3. The number of carbonyl (C=O) groups is 2. The Morgan fingerprint density at radius 3 is 2.59 bits per heavy atom. The Labute approximate surface area is 256 Å². The SMILES string of the molecule is COc1ccc2ccc(S(=O)(=O)N(CC(=O)NCCc3ccccc3)[C@H]3CCN(Cc4ccnc(C(=N)N)c4)C3=O)cc2c1. The summed E-state index contributed by atoms with van der Waals surface area (Å²) >= 11 is 0. The lowest BCUT2D eigenvalue weighted by Gasteiger charge is -2.27. The van der Waals surface area contributed by atoms with Gasteiger partial charge in [0.1, 0.15) is 23.3 Å². The first-order valence-electron chi connectivity index (χ1n) is 14.1. The average molecular weight is 615 g/mol. The van der Waals surface area contributed by atoms with Crippen LogP contribution in [0.1, 0.15) is 23.2 Å². The fourth-order valence-electron chi connectivity index (χ4n) is 5.26. The number of amidine groups is 1. The van der Waals surface area contributed by atoms with Crippen molar-refractivity contribution in [2.75, 3.05) is 26.7 Å². The molecule has 1 aromatic heterocycles. The Kier molecular flexibility index (Phi) is 9.21. The summed E-state index contributed by atoms with van der Waals surface area (Å²) in [6.07, 6.45) is 2.30. The number of hydrogen-bond donors (Lipinski definition) is 3. The highest BCUT2D eigenvalue weighted by molar-refractivity contribution is 7.89. The molecule has 0 aliphatic carbocycles. The first-order chi connectivity index (χ1) is 21.2. The summed E-state index contributed by atoms with van der Waals surface area (Å²) in [4.78, 5) is 32.4. The monoisotopic (exact) mass is 614 g/mol. The van der Waals surface area contributed by atoms with Crippen molar-refractivity contribution in [2.24, 2.45) is 5.73 Å². The Bertz CT molecular complexity index is 1800. The molecule has 1 fully saturated rings. The summed E-state index contributed by atoms with van der Waals surface area (Å²) in [5.74, 6) is -0.527. The highest BCUT2D eigenvalue weighted by atomic mass is 32.2. The Hall–Kier alpha value is -4.81. The van der Waals surface area contributed by atoms with Gasteiger partial charge in [-0.1, -0.05) is 42.5 Å². The number of carbonyl (C=O) groups excluding carboxylic acids is 2. The maximum Gasteiger partial charge on any atom is 0.244 e. The van der Waals surface area contributed by atoms with Crippen LogP contribution in [0, 0.1) is 5.41 Å². The van der Waals surface area contributed by atoms with E-state index in [-0.39, 0.29) is 35.9 Å². The zero-order valence-corrected chi connectivity index (χ0v) is 25.1. The minimum absolute atomic E-state index is 0.0261. The smallest absolute Gasteiger partial charge is 0.244 e. The van der Waals surface area contributed by atoms with Gasteiger partial charge in [-0.3, -0.25) is 20.0 Å². The molecule has 2 amide bonds. The van der Waals surface area contributed by atoms with Gasteiger partial charge in [0.05, 0.1) is 18.6 Å². The number of hydrogen-bond acceptors (Lipinski definition) is 7. The first kappa shape index (κ1) is 30.6. The lowest BCUT2D eigenvalue weighted by molar-refractivity contribution is -0.131. The second-order valence-electron chi connectivity index (χ2n) is 10.5. The van der Waals surface area contributed by atoms with Crippen LogP contribution in [0.5, 0.6) is 5.75 Å². The second-order valence-corrected chi connectivity index (χ2v) is 12.4. The van der Waals surface area contributed by atoms with E-state index in [1.54, 1.807) is 35.2 Å². The standard InChI is InChI=1S/C32H34N6O5S/c1-43-26-9-7-24-8-10-27(19-25(24)18-26)44(41,42)38(21-30(39)36-15-11-22-5-3-2-4-6-22)29-13-16-37(32(29)40)20-23-12-14-35-28(17-23)31(33)34/h2-10,12,14,17-19,29H,11,13,15-16,20-21H2,1H3,(H3,33,34)(H,36,39)/t29-/m0/s1. The van der Waals surface area contributed by atoms with Gasteiger partial charge < -0.3 is 20.7 Å².